The number of anilines is 1. The van der Waals surface area contributed by atoms with Gasteiger partial charge in [0.15, 0.2) is 0 Å². The second kappa shape index (κ2) is 5.15. The van der Waals surface area contributed by atoms with Gasteiger partial charge in [0.25, 0.3) is 0 Å². The highest BCUT2D eigenvalue weighted by molar-refractivity contribution is 9.10. The molecule has 3 rings (SSSR count). The fraction of sp³-hybridized carbons (Fsp3) is 0.308. The number of hydrogen-bond acceptors (Lipinski definition) is 3. The molecule has 19 heavy (non-hydrogen) atoms. The van der Waals surface area contributed by atoms with E-state index in [1.807, 2.05) is 12.1 Å². The molecular weight excluding hydrogens is 330 g/mol. The lowest BCUT2D eigenvalue weighted by molar-refractivity contribution is 0.590. The Kier molecular flexibility index (Phi) is 3.52. The zero-order valence-electron chi connectivity index (χ0n) is 10.2. The predicted molar refractivity (Wildman–Crippen MR) is 82.4 cm³/mol. The summed E-state index contributed by atoms with van der Waals surface area (Å²) in [5.74, 6) is 0. The summed E-state index contributed by atoms with van der Waals surface area (Å²) in [4.78, 5) is 16.9. The van der Waals surface area contributed by atoms with Gasteiger partial charge in [-0.2, -0.15) is 0 Å². The van der Waals surface area contributed by atoms with E-state index in [1.54, 1.807) is 6.07 Å². The highest BCUT2D eigenvalue weighted by Crippen LogP contribution is 2.31. The number of fused-ring (bicyclic) bond motifs is 1. The fourth-order valence-corrected chi connectivity index (χ4v) is 2.91. The summed E-state index contributed by atoms with van der Waals surface area (Å²) in [6.07, 6.45) is 0. The number of aromatic amines is 1. The lowest BCUT2D eigenvalue weighted by Crippen LogP contribution is -2.43. The minimum Gasteiger partial charge on any atom is -0.368 e. The summed E-state index contributed by atoms with van der Waals surface area (Å²) in [6.45, 7) is 3.65. The van der Waals surface area contributed by atoms with Crippen molar-refractivity contribution in [2.45, 2.75) is 0 Å². The summed E-state index contributed by atoms with van der Waals surface area (Å²) in [5, 5.41) is 4.94. The third-order valence-corrected chi connectivity index (χ3v) is 4.52. The minimum absolute atomic E-state index is 0.0877. The molecule has 0 spiro atoms. The maximum Gasteiger partial charge on any atom is 0.250 e. The third-order valence-electron chi connectivity index (χ3n) is 3.32. The summed E-state index contributed by atoms with van der Waals surface area (Å²) in [6, 6.07) is 5.40. The van der Waals surface area contributed by atoms with E-state index in [9.17, 15) is 4.79 Å². The van der Waals surface area contributed by atoms with Crippen molar-refractivity contribution in [3.63, 3.8) is 0 Å². The van der Waals surface area contributed by atoms with Crippen LogP contribution in [0.5, 0.6) is 0 Å². The van der Waals surface area contributed by atoms with E-state index in [2.05, 4.69) is 31.1 Å². The quantitative estimate of drug-likeness (QED) is 0.836. The molecule has 0 unspecified atom stereocenters. The Hall–Kier alpha value is -1.04. The molecule has 1 fully saturated rings. The largest absolute Gasteiger partial charge is 0.368 e. The molecule has 1 aromatic carbocycles. The lowest BCUT2D eigenvalue weighted by atomic mass is 10.1. The zero-order valence-corrected chi connectivity index (χ0v) is 12.5. The summed E-state index contributed by atoms with van der Waals surface area (Å²) in [7, 11) is 0. The maximum absolute atomic E-state index is 11.8. The first-order valence-electron chi connectivity index (χ1n) is 6.13. The molecule has 2 N–H and O–H groups in total. The number of pyridine rings is 1. The van der Waals surface area contributed by atoms with Crippen LogP contribution in [0.15, 0.2) is 27.5 Å². The number of piperazine rings is 1. The Morgan fingerprint density at radius 1 is 1.21 bits per heavy atom. The van der Waals surface area contributed by atoms with Gasteiger partial charge in [0.05, 0.1) is 16.2 Å². The van der Waals surface area contributed by atoms with Gasteiger partial charge in [0, 0.05) is 42.1 Å². The molecule has 4 nitrogen and oxygen atoms in total. The first-order chi connectivity index (χ1) is 9.15. The Labute approximate surface area is 123 Å². The molecule has 0 atom stereocenters. The molecule has 2 heterocycles. The van der Waals surface area contributed by atoms with Crippen molar-refractivity contribution in [2.75, 3.05) is 31.1 Å². The average molecular weight is 343 g/mol. The molecule has 0 radical (unpaired) electrons. The molecule has 6 heteroatoms. The van der Waals surface area contributed by atoms with Crippen LogP contribution in [0.25, 0.3) is 10.9 Å². The van der Waals surface area contributed by atoms with Crippen molar-refractivity contribution < 1.29 is 0 Å². The fourth-order valence-electron chi connectivity index (χ4n) is 2.40. The van der Waals surface area contributed by atoms with Crippen molar-refractivity contribution in [3.8, 4) is 0 Å². The molecule has 100 valence electrons. The first kappa shape index (κ1) is 13.0. The van der Waals surface area contributed by atoms with E-state index >= 15 is 0 Å². The summed E-state index contributed by atoms with van der Waals surface area (Å²) < 4.78 is 0.787. The summed E-state index contributed by atoms with van der Waals surface area (Å²) in [5.41, 5.74) is 1.67. The molecule has 1 aliphatic rings. The monoisotopic (exact) mass is 341 g/mol. The van der Waals surface area contributed by atoms with Crippen LogP contribution in [0.4, 0.5) is 5.69 Å². The average Bonchev–Trinajstić information content (AvgIpc) is 2.41. The molecule has 1 saturated heterocycles. The van der Waals surface area contributed by atoms with E-state index in [4.69, 9.17) is 11.6 Å². The van der Waals surface area contributed by atoms with Gasteiger partial charge in [0.2, 0.25) is 5.56 Å². The second-order valence-electron chi connectivity index (χ2n) is 4.57. The molecule has 0 aliphatic carbocycles. The van der Waals surface area contributed by atoms with Gasteiger partial charge in [-0.05, 0) is 28.1 Å². The predicted octanol–water partition coefficient (Wildman–Crippen LogP) is 2.35. The van der Waals surface area contributed by atoms with Crippen molar-refractivity contribution in [1.82, 2.24) is 10.3 Å². The van der Waals surface area contributed by atoms with E-state index in [1.165, 1.54) is 0 Å². The maximum atomic E-state index is 11.8. The molecule has 0 bridgehead atoms. The smallest absolute Gasteiger partial charge is 0.250 e. The highest BCUT2D eigenvalue weighted by atomic mass is 79.9. The second-order valence-corrected chi connectivity index (χ2v) is 5.83. The number of nitrogens with one attached hydrogen (secondary N) is 2. The van der Waals surface area contributed by atoms with E-state index in [0.717, 1.165) is 47.2 Å². The van der Waals surface area contributed by atoms with Crippen LogP contribution in [0.1, 0.15) is 0 Å². The molecule has 1 aliphatic heterocycles. The van der Waals surface area contributed by atoms with Gasteiger partial charge < -0.3 is 15.2 Å². The van der Waals surface area contributed by atoms with E-state index in [0.29, 0.717) is 5.02 Å². The van der Waals surface area contributed by atoms with Gasteiger partial charge in [-0.25, -0.2) is 0 Å². The van der Waals surface area contributed by atoms with Crippen LogP contribution in [0.3, 0.4) is 0 Å². The highest BCUT2D eigenvalue weighted by Gasteiger charge is 2.15. The Morgan fingerprint density at radius 2 is 1.95 bits per heavy atom. The lowest BCUT2D eigenvalue weighted by Gasteiger charge is -2.30. The van der Waals surface area contributed by atoms with Crippen molar-refractivity contribution >= 4 is 44.1 Å². The van der Waals surface area contributed by atoms with E-state index in [-0.39, 0.29) is 5.56 Å². The number of H-pyrrole nitrogens is 1. The SMILES string of the molecule is O=c1cc(N2CCNCC2)c2cc(Cl)c(Br)cc2[nH]1. The van der Waals surface area contributed by atoms with Crippen LogP contribution in [-0.2, 0) is 0 Å². The number of hydrogen-bond donors (Lipinski definition) is 2. The molecule has 2 aromatic rings. The van der Waals surface area contributed by atoms with Crippen LogP contribution in [-0.4, -0.2) is 31.2 Å². The molecule has 0 amide bonds. The molecule has 0 saturated carbocycles. The molecular formula is C13H13BrClN3O. The number of benzene rings is 1. The number of halogens is 2. The first-order valence-corrected chi connectivity index (χ1v) is 7.30. The van der Waals surface area contributed by atoms with Crippen LogP contribution >= 0.6 is 27.5 Å². The van der Waals surface area contributed by atoms with Crippen LogP contribution in [0, 0.1) is 0 Å². The zero-order chi connectivity index (χ0) is 13.4. The summed E-state index contributed by atoms with van der Waals surface area (Å²) >= 11 is 9.55. The van der Waals surface area contributed by atoms with Gasteiger partial charge in [0.1, 0.15) is 0 Å². The molecule has 1 aromatic heterocycles. The third kappa shape index (κ3) is 2.50. The van der Waals surface area contributed by atoms with Gasteiger partial charge in [-0.1, -0.05) is 11.6 Å². The topological polar surface area (TPSA) is 48.1 Å². The van der Waals surface area contributed by atoms with Crippen molar-refractivity contribution in [1.29, 1.82) is 0 Å². The number of nitrogens with zero attached hydrogens (tertiary/aromatic N) is 1. The Morgan fingerprint density at radius 3 is 2.68 bits per heavy atom. The standard InChI is InChI=1S/C13H13BrClN3O/c14-9-6-11-8(5-10(9)15)12(7-13(19)17-11)18-3-1-16-2-4-18/h5-7,16H,1-4H2,(H,17,19). The number of rotatable bonds is 1. The minimum atomic E-state index is -0.0877. The van der Waals surface area contributed by atoms with Gasteiger partial charge in [-0.15, -0.1) is 0 Å². The Bertz CT molecular complexity index is 679. The van der Waals surface area contributed by atoms with E-state index < -0.39 is 0 Å². The van der Waals surface area contributed by atoms with Gasteiger partial charge >= 0.3 is 0 Å². The van der Waals surface area contributed by atoms with Crippen LogP contribution < -0.4 is 15.8 Å². The van der Waals surface area contributed by atoms with Crippen molar-refractivity contribution in [2.24, 2.45) is 0 Å². The normalized spacial score (nSPS) is 16.0. The van der Waals surface area contributed by atoms with Crippen molar-refractivity contribution in [3.05, 3.63) is 38.0 Å². The number of aromatic nitrogens is 1. The van der Waals surface area contributed by atoms with Gasteiger partial charge in [-0.3, -0.25) is 4.79 Å². The Balaban J connectivity index is 2.21. The van der Waals surface area contributed by atoms with Crippen LogP contribution in [0.2, 0.25) is 5.02 Å².